The molecule has 0 N–H and O–H groups in total. The first-order valence-corrected chi connectivity index (χ1v) is 10.7. The van der Waals surface area contributed by atoms with Crippen LogP contribution in [0.15, 0.2) is 78.4 Å². The molecule has 1 heterocycles. The third kappa shape index (κ3) is 5.17. The number of carbonyl (C=O) groups is 2. The number of para-hydroxylation sites is 1. The molecule has 0 aliphatic carbocycles. The second-order valence-corrected chi connectivity index (χ2v) is 8.00. The van der Waals surface area contributed by atoms with E-state index in [1.165, 1.54) is 6.07 Å². The summed E-state index contributed by atoms with van der Waals surface area (Å²) >= 11 is 0. The zero-order valence-corrected chi connectivity index (χ0v) is 18.2. The fourth-order valence-corrected chi connectivity index (χ4v) is 3.98. The van der Waals surface area contributed by atoms with Gasteiger partial charge in [-0.3, -0.25) is 4.79 Å². The van der Waals surface area contributed by atoms with Gasteiger partial charge < -0.3 is 9.64 Å². The normalized spacial score (nSPS) is 13.7. The van der Waals surface area contributed by atoms with E-state index in [4.69, 9.17) is 4.74 Å². The van der Waals surface area contributed by atoms with Crippen LogP contribution < -0.4 is 4.74 Å². The van der Waals surface area contributed by atoms with Gasteiger partial charge in [-0.05, 0) is 59.9 Å². The van der Waals surface area contributed by atoms with Crippen LogP contribution in [0.3, 0.4) is 0 Å². The molecule has 4 nitrogen and oxygen atoms in total. The first-order chi connectivity index (χ1) is 15.9. The lowest BCUT2D eigenvalue weighted by Gasteiger charge is -2.29. The van der Waals surface area contributed by atoms with E-state index in [9.17, 15) is 18.4 Å². The van der Waals surface area contributed by atoms with E-state index in [2.05, 4.69) is 0 Å². The minimum Gasteiger partial charge on any atom is -0.410 e. The summed E-state index contributed by atoms with van der Waals surface area (Å²) in [5.41, 5.74) is 3.36. The maximum Gasteiger partial charge on any atom is 0.415 e. The Bertz CT molecular complexity index is 1180. The SMILES string of the molecule is CC1=C(c2ccc(CC(=O)c3c(F)cccc3F)cc2)CCN(C(=O)Oc2ccccc2)C1. The molecule has 0 bridgehead atoms. The van der Waals surface area contributed by atoms with Crippen LogP contribution in [0.2, 0.25) is 0 Å². The number of halogens is 2. The number of ether oxygens (including phenoxy) is 1. The first-order valence-electron chi connectivity index (χ1n) is 10.7. The summed E-state index contributed by atoms with van der Waals surface area (Å²) in [6.07, 6.45) is 0.206. The van der Waals surface area contributed by atoms with Gasteiger partial charge in [-0.15, -0.1) is 0 Å². The van der Waals surface area contributed by atoms with Crippen LogP contribution in [0.1, 0.15) is 34.8 Å². The molecule has 168 valence electrons. The fourth-order valence-electron chi connectivity index (χ4n) is 3.98. The quantitative estimate of drug-likeness (QED) is 0.446. The molecule has 0 saturated heterocycles. The largest absolute Gasteiger partial charge is 0.415 e. The van der Waals surface area contributed by atoms with Crippen LogP contribution in [0.5, 0.6) is 5.75 Å². The molecule has 1 amide bonds. The average Bonchev–Trinajstić information content (AvgIpc) is 2.80. The molecule has 0 fully saturated rings. The van der Waals surface area contributed by atoms with Crippen LogP contribution in [0, 0.1) is 11.6 Å². The van der Waals surface area contributed by atoms with Crippen molar-refractivity contribution >= 4 is 17.4 Å². The Hall–Kier alpha value is -3.80. The first kappa shape index (κ1) is 22.4. The standard InChI is InChI=1S/C27H23F2NO3/c1-18-17-30(27(32)33-21-6-3-2-4-7-21)15-14-22(18)20-12-10-19(11-13-20)16-25(31)26-23(28)8-5-9-24(26)29/h2-13H,14-17H2,1H3. The number of carbonyl (C=O) groups excluding carboxylic acids is 2. The second kappa shape index (κ2) is 9.77. The van der Waals surface area contributed by atoms with Crippen molar-refractivity contribution in [3.05, 3.63) is 107 Å². The molecule has 1 aliphatic rings. The van der Waals surface area contributed by atoms with E-state index in [1.807, 2.05) is 37.3 Å². The minimum atomic E-state index is -0.852. The summed E-state index contributed by atoms with van der Waals surface area (Å²) in [5.74, 6) is -1.79. The molecule has 0 radical (unpaired) electrons. The van der Waals surface area contributed by atoms with Gasteiger partial charge >= 0.3 is 6.09 Å². The molecule has 0 spiro atoms. The molecule has 0 saturated carbocycles. The number of rotatable bonds is 5. The lowest BCUT2D eigenvalue weighted by atomic mass is 9.93. The van der Waals surface area contributed by atoms with Crippen molar-refractivity contribution in [3.8, 4) is 5.75 Å². The highest BCUT2D eigenvalue weighted by molar-refractivity contribution is 5.98. The lowest BCUT2D eigenvalue weighted by Crippen LogP contribution is -2.38. The van der Waals surface area contributed by atoms with Crippen LogP contribution >= 0.6 is 0 Å². The summed E-state index contributed by atoms with van der Waals surface area (Å²) in [6.45, 7) is 2.98. The highest BCUT2D eigenvalue weighted by Gasteiger charge is 2.23. The van der Waals surface area contributed by atoms with Crippen LogP contribution in [-0.4, -0.2) is 29.9 Å². The number of hydrogen-bond donors (Lipinski definition) is 0. The van der Waals surface area contributed by atoms with E-state index < -0.39 is 23.0 Å². The third-order valence-corrected chi connectivity index (χ3v) is 5.69. The summed E-state index contributed by atoms with van der Waals surface area (Å²) in [6, 6.07) is 19.7. The average molecular weight is 447 g/mol. The Balaban J connectivity index is 1.42. The monoisotopic (exact) mass is 447 g/mol. The Morgan fingerprint density at radius 2 is 1.58 bits per heavy atom. The van der Waals surface area contributed by atoms with Gasteiger partial charge in [0.2, 0.25) is 0 Å². The maximum absolute atomic E-state index is 13.9. The fraction of sp³-hybridized carbons (Fsp3) is 0.185. The predicted molar refractivity (Wildman–Crippen MR) is 122 cm³/mol. The van der Waals surface area contributed by atoms with Crippen molar-refractivity contribution < 1.29 is 23.1 Å². The number of amides is 1. The second-order valence-electron chi connectivity index (χ2n) is 8.00. The molecule has 3 aromatic carbocycles. The molecule has 1 aliphatic heterocycles. The number of Topliss-reactive ketones (excluding diaryl/α,β-unsaturated/α-hetero) is 1. The zero-order valence-electron chi connectivity index (χ0n) is 18.2. The predicted octanol–water partition coefficient (Wildman–Crippen LogP) is 6.07. The number of ketones is 1. The molecule has 0 unspecified atom stereocenters. The molecule has 0 aromatic heterocycles. The van der Waals surface area contributed by atoms with Crippen LogP contribution in [0.4, 0.5) is 13.6 Å². The van der Waals surface area contributed by atoms with Gasteiger partial charge in [0, 0.05) is 19.5 Å². The Labute approximate surface area is 191 Å². The van der Waals surface area contributed by atoms with Crippen molar-refractivity contribution in [2.24, 2.45) is 0 Å². The number of nitrogens with zero attached hydrogens (tertiary/aromatic N) is 1. The smallest absolute Gasteiger partial charge is 0.410 e. The molecule has 6 heteroatoms. The Morgan fingerprint density at radius 3 is 2.21 bits per heavy atom. The van der Waals surface area contributed by atoms with Crippen molar-refractivity contribution in [1.82, 2.24) is 4.90 Å². The van der Waals surface area contributed by atoms with Gasteiger partial charge in [0.1, 0.15) is 17.4 Å². The van der Waals surface area contributed by atoms with E-state index in [0.29, 0.717) is 30.8 Å². The highest BCUT2D eigenvalue weighted by Crippen LogP contribution is 2.28. The summed E-state index contributed by atoms with van der Waals surface area (Å²) in [7, 11) is 0. The molecular weight excluding hydrogens is 424 g/mol. The van der Waals surface area contributed by atoms with Gasteiger partial charge in [0.15, 0.2) is 5.78 Å². The summed E-state index contributed by atoms with van der Waals surface area (Å²) < 4.78 is 33.1. The third-order valence-electron chi connectivity index (χ3n) is 5.69. The van der Waals surface area contributed by atoms with Gasteiger partial charge in [-0.2, -0.15) is 0 Å². The van der Waals surface area contributed by atoms with E-state index in [-0.39, 0.29) is 12.5 Å². The van der Waals surface area contributed by atoms with Gasteiger partial charge in [-0.1, -0.05) is 48.5 Å². The number of hydrogen-bond acceptors (Lipinski definition) is 3. The molecule has 4 rings (SSSR count). The Morgan fingerprint density at radius 1 is 0.909 bits per heavy atom. The van der Waals surface area contributed by atoms with E-state index >= 15 is 0 Å². The zero-order chi connectivity index (χ0) is 23.4. The van der Waals surface area contributed by atoms with Gasteiger partial charge in [-0.25, -0.2) is 13.6 Å². The number of benzene rings is 3. The molecule has 3 aromatic rings. The van der Waals surface area contributed by atoms with Crippen molar-refractivity contribution in [2.75, 3.05) is 13.1 Å². The molecule has 0 atom stereocenters. The van der Waals surface area contributed by atoms with Crippen molar-refractivity contribution in [2.45, 2.75) is 19.8 Å². The van der Waals surface area contributed by atoms with E-state index in [0.717, 1.165) is 28.8 Å². The van der Waals surface area contributed by atoms with Gasteiger partial charge in [0.05, 0.1) is 5.56 Å². The maximum atomic E-state index is 13.9. The van der Waals surface area contributed by atoms with E-state index in [1.54, 1.807) is 29.2 Å². The summed E-state index contributed by atoms with van der Waals surface area (Å²) in [4.78, 5) is 26.5. The lowest BCUT2D eigenvalue weighted by molar-refractivity contribution is 0.0985. The van der Waals surface area contributed by atoms with Crippen LogP contribution in [-0.2, 0) is 6.42 Å². The summed E-state index contributed by atoms with van der Waals surface area (Å²) in [5, 5.41) is 0. The minimum absolute atomic E-state index is 0.0880. The highest BCUT2D eigenvalue weighted by atomic mass is 19.1. The van der Waals surface area contributed by atoms with Crippen LogP contribution in [0.25, 0.3) is 5.57 Å². The van der Waals surface area contributed by atoms with Crippen molar-refractivity contribution in [1.29, 1.82) is 0 Å². The van der Waals surface area contributed by atoms with Crippen molar-refractivity contribution in [3.63, 3.8) is 0 Å². The Kier molecular flexibility index (Phi) is 6.63. The topological polar surface area (TPSA) is 46.6 Å². The van der Waals surface area contributed by atoms with Gasteiger partial charge in [0.25, 0.3) is 0 Å². The molecule has 33 heavy (non-hydrogen) atoms. The molecular formula is C27H23F2NO3.